The minimum atomic E-state index is -0.761. The van der Waals surface area contributed by atoms with Crippen molar-refractivity contribution in [2.75, 3.05) is 11.9 Å². The molecule has 1 amide bonds. The molecule has 120 valence electrons. The van der Waals surface area contributed by atoms with Crippen LogP contribution in [0.5, 0.6) is 0 Å². The highest BCUT2D eigenvalue weighted by Crippen LogP contribution is 2.22. The molecule has 0 unspecified atom stereocenters. The quantitative estimate of drug-likeness (QED) is 0.634. The number of nitrogens with one attached hydrogen (secondary N) is 2. The largest absolute Gasteiger partial charge is 0.451 e. The molecule has 0 atom stereocenters. The molecule has 2 aromatic rings. The van der Waals surface area contributed by atoms with E-state index in [9.17, 15) is 14.4 Å². The molecule has 2 rings (SSSR count). The number of pyridine rings is 1. The monoisotopic (exact) mass is 355 g/mol. The fraction of sp³-hybridized carbons (Fsp3) is 0.143. The van der Waals surface area contributed by atoms with E-state index in [0.717, 1.165) is 0 Å². The number of anilines is 1. The van der Waals surface area contributed by atoms with Crippen LogP contribution < -0.4 is 5.32 Å². The first kappa shape index (κ1) is 17.0. The predicted octanol–water partition coefficient (Wildman–Crippen LogP) is 2.71. The van der Waals surface area contributed by atoms with Crippen LogP contribution in [0.3, 0.4) is 0 Å². The number of rotatable bonds is 5. The highest BCUT2D eigenvalue weighted by atomic mass is 35.5. The molecule has 0 radical (unpaired) electrons. The molecule has 0 aliphatic heterocycles. The molecule has 0 spiro atoms. The Morgan fingerprint density at radius 2 is 2.04 bits per heavy atom. The smallest absolute Gasteiger partial charge is 0.355 e. The summed E-state index contributed by atoms with van der Waals surface area (Å²) >= 11 is 11.6. The number of ketones is 1. The third-order valence-corrected chi connectivity index (χ3v) is 3.20. The van der Waals surface area contributed by atoms with Gasteiger partial charge in [-0.25, -0.2) is 9.78 Å². The first-order valence-electron chi connectivity index (χ1n) is 6.34. The summed E-state index contributed by atoms with van der Waals surface area (Å²) in [7, 11) is 0. The van der Waals surface area contributed by atoms with E-state index in [-0.39, 0.29) is 22.3 Å². The van der Waals surface area contributed by atoms with E-state index in [2.05, 4.69) is 15.3 Å². The molecular weight excluding hydrogens is 345 g/mol. The summed E-state index contributed by atoms with van der Waals surface area (Å²) in [6.45, 7) is 0.836. The number of esters is 1. The zero-order chi connectivity index (χ0) is 17.0. The van der Waals surface area contributed by atoms with E-state index in [4.69, 9.17) is 27.9 Å². The van der Waals surface area contributed by atoms with Crippen LogP contribution >= 0.6 is 23.2 Å². The summed E-state index contributed by atoms with van der Waals surface area (Å²) < 4.78 is 4.83. The van der Waals surface area contributed by atoms with E-state index < -0.39 is 18.5 Å². The van der Waals surface area contributed by atoms with Crippen molar-refractivity contribution in [1.82, 2.24) is 9.97 Å². The molecule has 23 heavy (non-hydrogen) atoms. The number of Topliss-reactive ketones (excluding diaryl/α,β-unsaturated/α-hetero) is 1. The number of hydrogen-bond acceptors (Lipinski definition) is 5. The zero-order valence-electron chi connectivity index (χ0n) is 11.9. The average molecular weight is 356 g/mol. The van der Waals surface area contributed by atoms with Gasteiger partial charge < -0.3 is 15.0 Å². The van der Waals surface area contributed by atoms with Gasteiger partial charge in [0.1, 0.15) is 5.69 Å². The average Bonchev–Trinajstić information content (AvgIpc) is 2.98. The predicted molar refractivity (Wildman–Crippen MR) is 84.0 cm³/mol. The van der Waals surface area contributed by atoms with Crippen molar-refractivity contribution in [3.05, 3.63) is 45.8 Å². The molecule has 0 bridgehead atoms. The van der Waals surface area contributed by atoms with Gasteiger partial charge in [-0.3, -0.25) is 9.59 Å². The highest BCUT2D eigenvalue weighted by molar-refractivity contribution is 6.36. The fourth-order valence-electron chi connectivity index (χ4n) is 1.60. The number of aromatic nitrogens is 2. The second kappa shape index (κ2) is 7.26. The summed E-state index contributed by atoms with van der Waals surface area (Å²) in [6.07, 6.45) is 2.70. The van der Waals surface area contributed by atoms with Gasteiger partial charge in [-0.15, -0.1) is 0 Å². The lowest BCUT2D eigenvalue weighted by Crippen LogP contribution is -2.21. The van der Waals surface area contributed by atoms with Crippen LogP contribution in [0.15, 0.2) is 24.5 Å². The minimum absolute atomic E-state index is 0.0747. The molecule has 9 heteroatoms. The third-order valence-electron chi connectivity index (χ3n) is 2.71. The van der Waals surface area contributed by atoms with Gasteiger partial charge in [-0.05, 0) is 19.1 Å². The number of ether oxygens (including phenoxy) is 1. The van der Waals surface area contributed by atoms with Crippen LogP contribution in [-0.2, 0) is 9.53 Å². The molecule has 7 nitrogen and oxygen atoms in total. The van der Waals surface area contributed by atoms with E-state index in [1.807, 2.05) is 0 Å². The van der Waals surface area contributed by atoms with E-state index in [1.165, 1.54) is 31.5 Å². The Bertz CT molecular complexity index is 773. The fourth-order valence-corrected chi connectivity index (χ4v) is 2.03. The molecule has 2 heterocycles. The standard InChI is InChI=1S/C14H11Cl2N3O4/c1-7(20)8-2-11(17-4-8)14(22)23-6-12(21)19-13-10(16)3-9(15)5-18-13/h2-5,17H,6H2,1H3,(H,18,19,21). The number of hydrogen-bond donors (Lipinski definition) is 2. The lowest BCUT2D eigenvalue weighted by Gasteiger charge is -2.06. The third kappa shape index (κ3) is 4.54. The van der Waals surface area contributed by atoms with Crippen molar-refractivity contribution >= 4 is 46.7 Å². The number of aromatic amines is 1. The van der Waals surface area contributed by atoms with E-state index in [1.54, 1.807) is 0 Å². The van der Waals surface area contributed by atoms with E-state index >= 15 is 0 Å². The molecular formula is C14H11Cl2N3O4. The maximum Gasteiger partial charge on any atom is 0.355 e. The molecule has 2 aromatic heterocycles. The van der Waals surface area contributed by atoms with Gasteiger partial charge >= 0.3 is 5.97 Å². The Balaban J connectivity index is 1.90. The molecule has 0 aliphatic rings. The van der Waals surface area contributed by atoms with Crippen LogP contribution in [0.4, 0.5) is 5.82 Å². The first-order valence-corrected chi connectivity index (χ1v) is 7.10. The van der Waals surface area contributed by atoms with E-state index in [0.29, 0.717) is 10.6 Å². The number of amides is 1. The minimum Gasteiger partial charge on any atom is -0.451 e. The van der Waals surface area contributed by atoms with Gasteiger partial charge in [-0.1, -0.05) is 23.2 Å². The summed E-state index contributed by atoms with van der Waals surface area (Å²) in [5, 5.41) is 2.87. The van der Waals surface area contributed by atoms with Gasteiger partial charge in [0.05, 0.1) is 10.0 Å². The van der Waals surface area contributed by atoms with Crippen LogP contribution in [0.2, 0.25) is 10.0 Å². The normalized spacial score (nSPS) is 10.2. The number of H-pyrrole nitrogens is 1. The zero-order valence-corrected chi connectivity index (χ0v) is 13.4. The van der Waals surface area contributed by atoms with Crippen molar-refractivity contribution < 1.29 is 19.1 Å². The number of halogens is 2. The van der Waals surface area contributed by atoms with Gasteiger partial charge in [0.15, 0.2) is 18.2 Å². The SMILES string of the molecule is CC(=O)c1c[nH]c(C(=O)OCC(=O)Nc2ncc(Cl)cc2Cl)c1. The first-order chi connectivity index (χ1) is 10.9. The number of nitrogens with zero attached hydrogens (tertiary/aromatic N) is 1. The maximum absolute atomic E-state index is 11.7. The lowest BCUT2D eigenvalue weighted by atomic mass is 10.2. The topological polar surface area (TPSA) is 101 Å². The lowest BCUT2D eigenvalue weighted by molar-refractivity contribution is -0.119. The molecule has 2 N–H and O–H groups in total. The van der Waals surface area contributed by atoms with Crippen LogP contribution in [-0.4, -0.2) is 34.2 Å². The summed E-state index contributed by atoms with van der Waals surface area (Å²) in [5.41, 5.74) is 0.421. The second-order valence-corrected chi connectivity index (χ2v) is 5.31. The van der Waals surface area contributed by atoms with Crippen LogP contribution in [0.25, 0.3) is 0 Å². The van der Waals surface area contributed by atoms with Crippen molar-refractivity contribution in [3.8, 4) is 0 Å². The Morgan fingerprint density at radius 3 is 2.65 bits per heavy atom. The van der Waals surface area contributed by atoms with Crippen LogP contribution in [0, 0.1) is 0 Å². The van der Waals surface area contributed by atoms with Gasteiger partial charge in [-0.2, -0.15) is 0 Å². The Labute approximate surface area is 140 Å². The molecule has 0 aliphatic carbocycles. The highest BCUT2D eigenvalue weighted by Gasteiger charge is 2.15. The maximum atomic E-state index is 11.7. The van der Waals surface area contributed by atoms with Crippen molar-refractivity contribution in [1.29, 1.82) is 0 Å². The Morgan fingerprint density at radius 1 is 1.30 bits per heavy atom. The van der Waals surface area contributed by atoms with Crippen molar-refractivity contribution in [2.45, 2.75) is 6.92 Å². The number of carbonyl (C=O) groups excluding carboxylic acids is 3. The molecule has 0 saturated carbocycles. The van der Waals surface area contributed by atoms with Crippen molar-refractivity contribution in [3.63, 3.8) is 0 Å². The Kier molecular flexibility index (Phi) is 5.36. The van der Waals surface area contributed by atoms with Gasteiger partial charge in [0.25, 0.3) is 5.91 Å². The summed E-state index contributed by atoms with van der Waals surface area (Å²) in [4.78, 5) is 41.0. The van der Waals surface area contributed by atoms with Crippen molar-refractivity contribution in [2.24, 2.45) is 0 Å². The van der Waals surface area contributed by atoms with Gasteiger partial charge in [0.2, 0.25) is 0 Å². The van der Waals surface area contributed by atoms with Crippen LogP contribution in [0.1, 0.15) is 27.8 Å². The molecule has 0 aromatic carbocycles. The number of carbonyl (C=O) groups is 3. The summed E-state index contributed by atoms with van der Waals surface area (Å²) in [5.74, 6) is -1.46. The Hall–Kier alpha value is -2.38. The molecule has 0 fully saturated rings. The summed E-state index contributed by atoms with van der Waals surface area (Å²) in [6, 6.07) is 2.76. The van der Waals surface area contributed by atoms with Gasteiger partial charge in [0, 0.05) is 18.0 Å². The molecule has 0 saturated heterocycles. The second-order valence-electron chi connectivity index (χ2n) is 4.47.